The zero-order valence-corrected chi connectivity index (χ0v) is 9.09. The first-order valence-corrected chi connectivity index (χ1v) is 5.24. The zero-order valence-electron chi connectivity index (χ0n) is 9.09. The summed E-state index contributed by atoms with van der Waals surface area (Å²) in [5, 5.41) is 0. The molecule has 0 aromatic heterocycles. The first-order valence-electron chi connectivity index (χ1n) is 5.24. The third-order valence-corrected chi connectivity index (χ3v) is 3.45. The number of hydrogen-bond donors (Lipinski definition) is 0. The average molecular weight is 184 g/mol. The highest BCUT2D eigenvalue weighted by Crippen LogP contribution is 2.39. The van der Waals surface area contributed by atoms with E-state index in [0.29, 0.717) is 5.92 Å². The minimum atomic E-state index is -0.202. The summed E-state index contributed by atoms with van der Waals surface area (Å²) < 4.78 is 5.44. The second kappa shape index (κ2) is 3.69. The van der Waals surface area contributed by atoms with Crippen molar-refractivity contribution in [1.82, 2.24) is 0 Å². The lowest BCUT2D eigenvalue weighted by molar-refractivity contribution is -0.150. The minimum absolute atomic E-state index is 0.0221. The predicted molar refractivity (Wildman–Crippen MR) is 52.4 cm³/mol. The Morgan fingerprint density at radius 2 is 2.08 bits per heavy atom. The molecule has 1 saturated heterocycles. The van der Waals surface area contributed by atoms with E-state index < -0.39 is 0 Å². The van der Waals surface area contributed by atoms with Crippen LogP contribution in [0.5, 0.6) is 0 Å². The molecular weight excluding hydrogens is 164 g/mol. The van der Waals surface area contributed by atoms with Gasteiger partial charge in [-0.15, -0.1) is 0 Å². The number of esters is 1. The standard InChI is InChI=1S/C11H20O2/c1-5-6-7-11(4)9(3)8(2)10(12)13-11/h8-9H,5-7H2,1-4H3. The highest BCUT2D eigenvalue weighted by Gasteiger charge is 2.47. The molecule has 0 aromatic rings. The molecule has 3 atom stereocenters. The number of carbonyl (C=O) groups is 1. The summed E-state index contributed by atoms with van der Waals surface area (Å²) in [4.78, 5) is 11.3. The average Bonchev–Trinajstić information content (AvgIpc) is 2.28. The van der Waals surface area contributed by atoms with Crippen LogP contribution in [-0.4, -0.2) is 11.6 Å². The van der Waals surface area contributed by atoms with Gasteiger partial charge in [0, 0.05) is 5.92 Å². The van der Waals surface area contributed by atoms with Crippen LogP contribution in [0.25, 0.3) is 0 Å². The molecule has 13 heavy (non-hydrogen) atoms. The Bertz CT molecular complexity index is 200. The number of rotatable bonds is 3. The van der Waals surface area contributed by atoms with Gasteiger partial charge in [-0.25, -0.2) is 0 Å². The largest absolute Gasteiger partial charge is 0.459 e. The van der Waals surface area contributed by atoms with Gasteiger partial charge in [-0.2, -0.15) is 0 Å². The van der Waals surface area contributed by atoms with Gasteiger partial charge in [-0.05, 0) is 19.8 Å². The molecule has 1 heterocycles. The van der Waals surface area contributed by atoms with Gasteiger partial charge in [0.15, 0.2) is 0 Å². The van der Waals surface area contributed by atoms with E-state index >= 15 is 0 Å². The van der Waals surface area contributed by atoms with E-state index in [0.717, 1.165) is 19.3 Å². The van der Waals surface area contributed by atoms with Crippen molar-refractivity contribution in [3.8, 4) is 0 Å². The van der Waals surface area contributed by atoms with Crippen LogP contribution in [0.1, 0.15) is 47.0 Å². The predicted octanol–water partition coefficient (Wildman–Crippen LogP) is 2.76. The van der Waals surface area contributed by atoms with Gasteiger partial charge >= 0.3 is 5.97 Å². The molecule has 0 bridgehead atoms. The second-order valence-electron chi connectivity index (χ2n) is 4.41. The van der Waals surface area contributed by atoms with Crippen LogP contribution in [0.3, 0.4) is 0 Å². The number of carbonyl (C=O) groups excluding carboxylic acids is 1. The maximum absolute atomic E-state index is 11.3. The third kappa shape index (κ3) is 1.87. The first-order chi connectivity index (χ1) is 6.01. The summed E-state index contributed by atoms with van der Waals surface area (Å²) in [5.41, 5.74) is -0.202. The van der Waals surface area contributed by atoms with E-state index in [9.17, 15) is 4.79 Å². The first kappa shape index (κ1) is 10.6. The van der Waals surface area contributed by atoms with Crippen molar-refractivity contribution >= 4 is 5.97 Å². The maximum atomic E-state index is 11.3. The number of hydrogen-bond acceptors (Lipinski definition) is 2. The Morgan fingerprint density at radius 1 is 1.46 bits per heavy atom. The lowest BCUT2D eigenvalue weighted by atomic mass is 9.81. The fourth-order valence-electron chi connectivity index (χ4n) is 1.96. The van der Waals surface area contributed by atoms with Gasteiger partial charge < -0.3 is 4.74 Å². The van der Waals surface area contributed by atoms with Crippen LogP contribution >= 0.6 is 0 Å². The fourth-order valence-corrected chi connectivity index (χ4v) is 1.96. The Kier molecular flexibility index (Phi) is 2.99. The highest BCUT2D eigenvalue weighted by molar-refractivity contribution is 5.75. The van der Waals surface area contributed by atoms with Gasteiger partial charge in [0.2, 0.25) is 0 Å². The van der Waals surface area contributed by atoms with E-state index in [-0.39, 0.29) is 17.5 Å². The van der Waals surface area contributed by atoms with Gasteiger partial charge in [0.05, 0.1) is 5.92 Å². The van der Waals surface area contributed by atoms with Crippen molar-refractivity contribution < 1.29 is 9.53 Å². The zero-order chi connectivity index (χ0) is 10.1. The number of unbranched alkanes of at least 4 members (excludes halogenated alkanes) is 1. The van der Waals surface area contributed by atoms with E-state index in [1.807, 2.05) is 6.92 Å². The summed E-state index contributed by atoms with van der Waals surface area (Å²) >= 11 is 0. The van der Waals surface area contributed by atoms with Gasteiger partial charge in [0.25, 0.3) is 0 Å². The molecule has 0 saturated carbocycles. The van der Waals surface area contributed by atoms with E-state index in [4.69, 9.17) is 4.74 Å². The van der Waals surface area contributed by atoms with Crippen molar-refractivity contribution in [2.45, 2.75) is 52.6 Å². The van der Waals surface area contributed by atoms with Crippen LogP contribution < -0.4 is 0 Å². The molecule has 1 aliphatic rings. The molecule has 0 radical (unpaired) electrons. The minimum Gasteiger partial charge on any atom is -0.459 e. The molecule has 0 aromatic carbocycles. The van der Waals surface area contributed by atoms with Crippen LogP contribution in [0.4, 0.5) is 0 Å². The quantitative estimate of drug-likeness (QED) is 0.630. The summed E-state index contributed by atoms with van der Waals surface area (Å²) in [5.74, 6) is 0.402. The van der Waals surface area contributed by atoms with Crippen molar-refractivity contribution in [1.29, 1.82) is 0 Å². The van der Waals surface area contributed by atoms with Crippen molar-refractivity contribution in [2.75, 3.05) is 0 Å². The summed E-state index contributed by atoms with van der Waals surface area (Å²) in [6.07, 6.45) is 3.30. The summed E-state index contributed by atoms with van der Waals surface area (Å²) in [6.45, 7) is 8.30. The molecule has 1 aliphatic heterocycles. The molecule has 0 aliphatic carbocycles. The number of ether oxygens (including phenoxy) is 1. The van der Waals surface area contributed by atoms with Crippen molar-refractivity contribution in [3.63, 3.8) is 0 Å². The molecule has 1 fully saturated rings. The Morgan fingerprint density at radius 3 is 2.46 bits per heavy atom. The molecule has 0 N–H and O–H groups in total. The third-order valence-electron chi connectivity index (χ3n) is 3.45. The molecule has 76 valence electrons. The Labute approximate surface area is 80.7 Å². The summed E-state index contributed by atoms with van der Waals surface area (Å²) in [7, 11) is 0. The van der Waals surface area contributed by atoms with Crippen molar-refractivity contribution in [2.24, 2.45) is 11.8 Å². The smallest absolute Gasteiger partial charge is 0.309 e. The van der Waals surface area contributed by atoms with Crippen LogP contribution in [-0.2, 0) is 9.53 Å². The van der Waals surface area contributed by atoms with E-state index in [1.54, 1.807) is 0 Å². The molecule has 0 amide bonds. The van der Waals surface area contributed by atoms with Crippen LogP contribution in [0, 0.1) is 11.8 Å². The topological polar surface area (TPSA) is 26.3 Å². The lowest BCUT2D eigenvalue weighted by Crippen LogP contribution is -2.31. The van der Waals surface area contributed by atoms with Gasteiger partial charge in [-0.3, -0.25) is 4.79 Å². The van der Waals surface area contributed by atoms with Gasteiger partial charge in [-0.1, -0.05) is 27.2 Å². The van der Waals surface area contributed by atoms with Crippen molar-refractivity contribution in [3.05, 3.63) is 0 Å². The monoisotopic (exact) mass is 184 g/mol. The van der Waals surface area contributed by atoms with Crippen LogP contribution in [0.15, 0.2) is 0 Å². The Hall–Kier alpha value is -0.530. The van der Waals surface area contributed by atoms with E-state index in [2.05, 4.69) is 20.8 Å². The SMILES string of the molecule is CCCCC1(C)OC(=O)C(C)C1C. The Balaban J connectivity index is 2.64. The highest BCUT2D eigenvalue weighted by atomic mass is 16.6. The maximum Gasteiger partial charge on any atom is 0.309 e. The molecule has 2 heteroatoms. The molecule has 1 rings (SSSR count). The van der Waals surface area contributed by atoms with E-state index in [1.165, 1.54) is 0 Å². The summed E-state index contributed by atoms with van der Waals surface area (Å²) in [6, 6.07) is 0. The molecule has 3 unspecified atom stereocenters. The van der Waals surface area contributed by atoms with Crippen LogP contribution in [0.2, 0.25) is 0 Å². The van der Waals surface area contributed by atoms with Gasteiger partial charge in [0.1, 0.15) is 5.60 Å². The fraction of sp³-hybridized carbons (Fsp3) is 0.909. The molecular formula is C11H20O2. The number of cyclic esters (lactones) is 1. The lowest BCUT2D eigenvalue weighted by Gasteiger charge is -2.27. The molecule has 2 nitrogen and oxygen atoms in total. The normalized spacial score (nSPS) is 39.2. The molecule has 0 spiro atoms. The second-order valence-corrected chi connectivity index (χ2v) is 4.41.